The topological polar surface area (TPSA) is 101 Å². The molecule has 0 radical (unpaired) electrons. The van der Waals surface area contributed by atoms with Crippen molar-refractivity contribution in [2.45, 2.75) is 44.9 Å². The first-order valence-corrected chi connectivity index (χ1v) is 13.4. The number of likely N-dealkylation sites (tertiary alicyclic amines) is 1. The summed E-state index contributed by atoms with van der Waals surface area (Å²) in [5.41, 5.74) is 0.853. The molecular formula is C24H28Cl2N4O5S. The van der Waals surface area contributed by atoms with Gasteiger partial charge in [0.1, 0.15) is 6.54 Å². The van der Waals surface area contributed by atoms with Gasteiger partial charge in [-0.3, -0.25) is 14.4 Å². The Bertz CT molecular complexity index is 1130. The first-order chi connectivity index (χ1) is 17.2. The summed E-state index contributed by atoms with van der Waals surface area (Å²) in [6.07, 6.45) is 1.46. The van der Waals surface area contributed by atoms with Gasteiger partial charge >= 0.3 is 0 Å². The van der Waals surface area contributed by atoms with Crippen molar-refractivity contribution in [2.24, 2.45) is 0 Å². The second-order valence-corrected chi connectivity index (χ2v) is 10.7. The summed E-state index contributed by atoms with van der Waals surface area (Å²) < 4.78 is 11.4. The molecule has 2 aliphatic heterocycles. The van der Waals surface area contributed by atoms with Gasteiger partial charge in [0.25, 0.3) is 5.91 Å². The van der Waals surface area contributed by atoms with E-state index in [1.165, 1.54) is 22.3 Å². The number of piperidine rings is 1. The van der Waals surface area contributed by atoms with Crippen LogP contribution in [0.5, 0.6) is 0 Å². The predicted octanol–water partition coefficient (Wildman–Crippen LogP) is 3.85. The molecule has 12 heteroatoms. The van der Waals surface area contributed by atoms with Crippen LogP contribution in [0, 0.1) is 0 Å². The summed E-state index contributed by atoms with van der Waals surface area (Å²) >= 11 is 13.3. The van der Waals surface area contributed by atoms with Gasteiger partial charge in [0.05, 0.1) is 35.9 Å². The summed E-state index contributed by atoms with van der Waals surface area (Å²) in [5, 5.41) is 5.49. The van der Waals surface area contributed by atoms with Crippen LogP contribution < -0.4 is 5.32 Å². The van der Waals surface area contributed by atoms with Crippen molar-refractivity contribution in [3.05, 3.63) is 44.9 Å². The molecule has 1 aromatic heterocycles. The molecule has 2 fully saturated rings. The highest BCUT2D eigenvalue weighted by Crippen LogP contribution is 2.31. The van der Waals surface area contributed by atoms with E-state index >= 15 is 0 Å². The van der Waals surface area contributed by atoms with Crippen LogP contribution in [0.1, 0.15) is 42.7 Å². The number of thiazole rings is 1. The van der Waals surface area contributed by atoms with E-state index in [0.717, 1.165) is 0 Å². The van der Waals surface area contributed by atoms with E-state index in [-0.39, 0.29) is 41.4 Å². The third-order valence-corrected chi connectivity index (χ3v) is 7.54. The molecule has 1 N–H and O–H groups in total. The van der Waals surface area contributed by atoms with E-state index < -0.39 is 11.7 Å². The van der Waals surface area contributed by atoms with Gasteiger partial charge < -0.3 is 24.6 Å². The second-order valence-electron chi connectivity index (χ2n) is 9.01. The zero-order valence-electron chi connectivity index (χ0n) is 20.1. The lowest BCUT2D eigenvalue weighted by Crippen LogP contribution is -2.47. The summed E-state index contributed by atoms with van der Waals surface area (Å²) in [5.74, 6) is -1.32. The second kappa shape index (κ2) is 11.4. The molecular weight excluding hydrogens is 527 g/mol. The van der Waals surface area contributed by atoms with E-state index in [2.05, 4.69) is 10.3 Å². The van der Waals surface area contributed by atoms with E-state index in [1.54, 1.807) is 22.4 Å². The molecule has 194 valence electrons. The van der Waals surface area contributed by atoms with Crippen LogP contribution in [0.25, 0.3) is 0 Å². The van der Waals surface area contributed by atoms with Gasteiger partial charge in [0, 0.05) is 42.4 Å². The number of nitrogens with zero attached hydrogens (tertiary/aromatic N) is 3. The molecule has 4 rings (SSSR count). The number of nitrogens with one attached hydrogen (secondary N) is 1. The van der Waals surface area contributed by atoms with Crippen molar-refractivity contribution in [1.82, 2.24) is 14.8 Å². The molecule has 1 spiro atoms. The van der Waals surface area contributed by atoms with Crippen LogP contribution in [0.2, 0.25) is 10.0 Å². The van der Waals surface area contributed by atoms with Gasteiger partial charge in [-0.05, 0) is 32.0 Å². The van der Waals surface area contributed by atoms with E-state index in [1.807, 2.05) is 13.8 Å². The maximum atomic E-state index is 13.0. The Labute approximate surface area is 223 Å². The Morgan fingerprint density at radius 3 is 2.53 bits per heavy atom. The van der Waals surface area contributed by atoms with Crippen molar-refractivity contribution in [2.75, 3.05) is 38.2 Å². The minimum atomic E-state index is -0.529. The maximum Gasteiger partial charge on any atom is 0.256 e. The summed E-state index contributed by atoms with van der Waals surface area (Å²) in [7, 11) is 0. The highest BCUT2D eigenvalue weighted by atomic mass is 35.5. The number of hydrogen-bond acceptors (Lipinski definition) is 7. The lowest BCUT2D eigenvalue weighted by molar-refractivity contribution is -0.187. The summed E-state index contributed by atoms with van der Waals surface area (Å²) in [6.45, 7) is 5.79. The zero-order valence-corrected chi connectivity index (χ0v) is 22.4. The lowest BCUT2D eigenvalue weighted by Gasteiger charge is -2.37. The predicted molar refractivity (Wildman–Crippen MR) is 138 cm³/mol. The fourth-order valence-electron chi connectivity index (χ4n) is 4.21. The number of carbonyl (C=O) groups excluding carboxylic acids is 3. The van der Waals surface area contributed by atoms with Gasteiger partial charge in [-0.25, -0.2) is 4.98 Å². The SMILES string of the molecule is CC(C)N(CC(=O)Nc1nc(CC(=O)N2CCC3(CC2)OCCO3)cs1)C(=O)c1ccc(Cl)cc1Cl. The first kappa shape index (κ1) is 26.8. The molecule has 2 aliphatic rings. The number of halogens is 2. The third kappa shape index (κ3) is 6.36. The maximum absolute atomic E-state index is 13.0. The number of anilines is 1. The number of rotatable bonds is 7. The number of aromatic nitrogens is 1. The van der Waals surface area contributed by atoms with E-state index in [4.69, 9.17) is 32.7 Å². The van der Waals surface area contributed by atoms with Crippen LogP contribution in [0.4, 0.5) is 5.13 Å². The van der Waals surface area contributed by atoms with Crippen molar-refractivity contribution < 1.29 is 23.9 Å². The Hall–Kier alpha value is -2.24. The van der Waals surface area contributed by atoms with Crippen LogP contribution in [-0.2, 0) is 25.5 Å². The highest BCUT2D eigenvalue weighted by molar-refractivity contribution is 7.13. The van der Waals surface area contributed by atoms with E-state index in [9.17, 15) is 14.4 Å². The number of ether oxygens (including phenoxy) is 2. The lowest BCUT2D eigenvalue weighted by atomic mass is 10.0. The molecule has 0 atom stereocenters. The number of amides is 3. The number of benzene rings is 1. The quantitative estimate of drug-likeness (QED) is 0.557. The molecule has 36 heavy (non-hydrogen) atoms. The Morgan fingerprint density at radius 2 is 1.89 bits per heavy atom. The van der Waals surface area contributed by atoms with Crippen molar-refractivity contribution >= 4 is 57.4 Å². The van der Waals surface area contributed by atoms with Crippen molar-refractivity contribution in [3.63, 3.8) is 0 Å². The van der Waals surface area contributed by atoms with Crippen molar-refractivity contribution in [1.29, 1.82) is 0 Å². The summed E-state index contributed by atoms with van der Waals surface area (Å²) in [6, 6.07) is 4.37. The molecule has 3 amide bonds. The largest absolute Gasteiger partial charge is 0.347 e. The van der Waals surface area contributed by atoms with Crippen LogP contribution in [-0.4, -0.2) is 77.2 Å². The molecule has 0 saturated carbocycles. The number of carbonyl (C=O) groups is 3. The van der Waals surface area contributed by atoms with Crippen LogP contribution >= 0.6 is 34.5 Å². The minimum Gasteiger partial charge on any atom is -0.347 e. The molecule has 1 aromatic carbocycles. The average molecular weight is 555 g/mol. The molecule has 2 aromatic rings. The summed E-state index contributed by atoms with van der Waals surface area (Å²) in [4.78, 5) is 46.1. The fraction of sp³-hybridized carbons (Fsp3) is 0.500. The molecule has 3 heterocycles. The van der Waals surface area contributed by atoms with Gasteiger partial charge in [-0.15, -0.1) is 11.3 Å². The zero-order chi connectivity index (χ0) is 25.9. The van der Waals surface area contributed by atoms with Gasteiger partial charge in [0.15, 0.2) is 10.9 Å². The standard InChI is InChI=1S/C24H28Cl2N4O5S/c1-15(2)30(22(33)18-4-3-16(25)11-19(18)26)13-20(31)28-23-27-17(14-36-23)12-21(32)29-7-5-24(6-8-29)34-9-10-35-24/h3-4,11,14-15H,5-10,12-13H2,1-2H3,(H,27,28,31). The molecule has 0 bridgehead atoms. The fourth-order valence-corrected chi connectivity index (χ4v) is 5.43. The third-order valence-electron chi connectivity index (χ3n) is 6.18. The first-order valence-electron chi connectivity index (χ1n) is 11.7. The highest BCUT2D eigenvalue weighted by Gasteiger charge is 2.40. The van der Waals surface area contributed by atoms with Gasteiger partial charge in [-0.1, -0.05) is 23.2 Å². The monoisotopic (exact) mass is 554 g/mol. The minimum absolute atomic E-state index is 0.0255. The van der Waals surface area contributed by atoms with Gasteiger partial charge in [-0.2, -0.15) is 0 Å². The normalized spacial score (nSPS) is 17.0. The van der Waals surface area contributed by atoms with Crippen molar-refractivity contribution in [3.8, 4) is 0 Å². The number of hydrogen-bond donors (Lipinski definition) is 1. The molecule has 2 saturated heterocycles. The molecule has 0 aliphatic carbocycles. The Kier molecular flexibility index (Phi) is 8.52. The van der Waals surface area contributed by atoms with Crippen LogP contribution in [0.15, 0.2) is 23.6 Å². The smallest absolute Gasteiger partial charge is 0.256 e. The average Bonchev–Trinajstić information content (AvgIpc) is 3.47. The Morgan fingerprint density at radius 1 is 1.19 bits per heavy atom. The van der Waals surface area contributed by atoms with Crippen LogP contribution in [0.3, 0.4) is 0 Å². The Balaban J connectivity index is 1.30. The van der Waals surface area contributed by atoms with Gasteiger partial charge in [0.2, 0.25) is 11.8 Å². The van der Waals surface area contributed by atoms with E-state index in [0.29, 0.717) is 55.0 Å². The molecule has 0 unspecified atom stereocenters. The molecule has 9 nitrogen and oxygen atoms in total.